The molecule has 0 aliphatic heterocycles. The number of benzene rings is 1. The third-order valence-electron chi connectivity index (χ3n) is 3.91. The number of aryl methyl sites for hydroxylation is 2. The van der Waals surface area contributed by atoms with Crippen molar-refractivity contribution in [2.24, 2.45) is 5.92 Å². The fourth-order valence-electron chi connectivity index (χ4n) is 2.71. The molecule has 1 aliphatic carbocycles. The van der Waals surface area contributed by atoms with Crippen LogP contribution in [0.2, 0.25) is 0 Å². The van der Waals surface area contributed by atoms with Gasteiger partial charge in [-0.05, 0) is 56.2 Å². The minimum Gasteiger partial charge on any atom is -0.211 e. The second-order valence-corrected chi connectivity index (χ2v) is 8.78. The van der Waals surface area contributed by atoms with E-state index in [1.165, 1.54) is 12.8 Å². The monoisotopic (exact) mass is 359 g/mol. The molecule has 3 nitrogen and oxygen atoms in total. The summed E-state index contributed by atoms with van der Waals surface area (Å²) in [5.41, 5.74) is 1.76. The molecule has 20 heavy (non-hydrogen) atoms. The summed E-state index contributed by atoms with van der Waals surface area (Å²) in [6, 6.07) is 5.54. The minimum absolute atomic E-state index is 0.406. The molecule has 1 aromatic rings. The van der Waals surface area contributed by atoms with E-state index >= 15 is 0 Å². The molecule has 1 aromatic carbocycles. The lowest BCUT2D eigenvalue weighted by Crippen LogP contribution is -2.32. The summed E-state index contributed by atoms with van der Waals surface area (Å²) in [4.78, 5) is 0.940. The molecule has 0 spiro atoms. The average molecular weight is 360 g/mol. The molecule has 0 aromatic heterocycles. The number of hydrogen-bond acceptors (Lipinski definition) is 2. The molecule has 0 saturated heterocycles. The Morgan fingerprint density at radius 3 is 2.75 bits per heavy atom. The van der Waals surface area contributed by atoms with Crippen molar-refractivity contribution in [2.45, 2.75) is 49.3 Å². The Morgan fingerprint density at radius 1 is 1.30 bits per heavy atom. The maximum Gasteiger partial charge on any atom is 0.240 e. The van der Waals surface area contributed by atoms with Crippen molar-refractivity contribution in [3.8, 4) is 0 Å². The molecule has 0 radical (unpaired) electrons. The van der Waals surface area contributed by atoms with Gasteiger partial charge in [0.25, 0.3) is 0 Å². The molecule has 112 valence electrons. The van der Waals surface area contributed by atoms with E-state index in [2.05, 4.69) is 20.7 Å². The lowest BCUT2D eigenvalue weighted by molar-refractivity contribution is 0.368. The number of alkyl halides is 1. The average Bonchev–Trinajstić information content (AvgIpc) is 2.39. The van der Waals surface area contributed by atoms with Crippen molar-refractivity contribution in [3.05, 3.63) is 29.3 Å². The van der Waals surface area contributed by atoms with Gasteiger partial charge in [-0.1, -0.05) is 34.5 Å². The van der Waals surface area contributed by atoms with Gasteiger partial charge in [0.2, 0.25) is 10.0 Å². The zero-order valence-electron chi connectivity index (χ0n) is 12.0. The molecule has 2 rings (SSSR count). The number of halogens is 1. The van der Waals surface area contributed by atoms with E-state index in [0.717, 1.165) is 24.0 Å². The summed E-state index contributed by atoms with van der Waals surface area (Å²) in [5, 5.41) is 0. The first-order valence-corrected chi connectivity index (χ1v) is 9.49. The van der Waals surface area contributed by atoms with Crippen molar-refractivity contribution >= 4 is 26.0 Å². The van der Waals surface area contributed by atoms with Crippen LogP contribution in [0, 0.1) is 19.8 Å². The van der Waals surface area contributed by atoms with Crippen molar-refractivity contribution in [2.75, 3.05) is 6.54 Å². The molecule has 2 unspecified atom stereocenters. The maximum absolute atomic E-state index is 12.4. The van der Waals surface area contributed by atoms with Crippen molar-refractivity contribution in [3.63, 3.8) is 0 Å². The fourth-order valence-corrected chi connectivity index (χ4v) is 5.01. The smallest absolute Gasteiger partial charge is 0.211 e. The van der Waals surface area contributed by atoms with Gasteiger partial charge in [-0.15, -0.1) is 0 Å². The van der Waals surface area contributed by atoms with Crippen LogP contribution in [0.3, 0.4) is 0 Å². The summed E-state index contributed by atoms with van der Waals surface area (Å²) in [6.07, 6.45) is 4.53. The summed E-state index contributed by atoms with van der Waals surface area (Å²) in [6.45, 7) is 4.29. The van der Waals surface area contributed by atoms with Gasteiger partial charge in [-0.2, -0.15) is 0 Å². The van der Waals surface area contributed by atoms with E-state index in [-0.39, 0.29) is 0 Å². The lowest BCUT2D eigenvalue weighted by Gasteiger charge is -2.25. The van der Waals surface area contributed by atoms with Crippen LogP contribution in [0.1, 0.15) is 36.8 Å². The Bertz CT molecular complexity index is 571. The van der Waals surface area contributed by atoms with Crippen LogP contribution in [-0.4, -0.2) is 19.8 Å². The molecule has 1 fully saturated rings. The number of hydrogen-bond donors (Lipinski definition) is 1. The standard InChI is InChI=1S/C15H22BrNO2S/c1-11-6-7-12(2)15(8-11)20(18,19)17-10-13-4-3-5-14(16)9-13/h6-8,13-14,17H,3-5,9-10H2,1-2H3. The Kier molecular flexibility index (Phi) is 5.26. The third kappa shape index (κ3) is 4.06. The molecular weight excluding hydrogens is 338 g/mol. The largest absolute Gasteiger partial charge is 0.240 e. The molecule has 0 heterocycles. The Morgan fingerprint density at radius 2 is 2.05 bits per heavy atom. The molecule has 1 saturated carbocycles. The van der Waals surface area contributed by atoms with E-state index in [9.17, 15) is 8.42 Å². The van der Waals surface area contributed by atoms with Crippen LogP contribution in [0.15, 0.2) is 23.1 Å². The summed E-state index contributed by atoms with van der Waals surface area (Å²) in [5.74, 6) is 0.438. The van der Waals surface area contributed by atoms with Gasteiger partial charge in [0, 0.05) is 11.4 Å². The van der Waals surface area contributed by atoms with E-state index in [4.69, 9.17) is 0 Å². The van der Waals surface area contributed by atoms with Gasteiger partial charge < -0.3 is 0 Å². The number of rotatable bonds is 4. The molecule has 0 bridgehead atoms. The predicted octanol–water partition coefficient (Wildman–Crippen LogP) is 3.54. The van der Waals surface area contributed by atoms with Crippen LogP contribution in [0.25, 0.3) is 0 Å². The first-order chi connectivity index (χ1) is 9.38. The summed E-state index contributed by atoms with van der Waals surface area (Å²) < 4.78 is 27.6. The van der Waals surface area contributed by atoms with Gasteiger partial charge in [-0.25, -0.2) is 13.1 Å². The summed E-state index contributed by atoms with van der Waals surface area (Å²) >= 11 is 3.64. The fraction of sp³-hybridized carbons (Fsp3) is 0.600. The van der Waals surface area contributed by atoms with Crippen molar-refractivity contribution < 1.29 is 8.42 Å². The molecule has 5 heteroatoms. The SMILES string of the molecule is Cc1ccc(C)c(S(=O)(=O)NCC2CCCC(Br)C2)c1. The number of sulfonamides is 1. The number of nitrogens with one attached hydrogen (secondary N) is 1. The molecular formula is C15H22BrNO2S. The van der Waals surface area contributed by atoms with E-state index < -0.39 is 10.0 Å². The van der Waals surface area contributed by atoms with E-state index in [0.29, 0.717) is 22.2 Å². The molecule has 2 atom stereocenters. The first-order valence-electron chi connectivity index (χ1n) is 7.09. The van der Waals surface area contributed by atoms with Crippen LogP contribution in [0.4, 0.5) is 0 Å². The highest BCUT2D eigenvalue weighted by Crippen LogP contribution is 2.28. The van der Waals surface area contributed by atoms with Gasteiger partial charge in [0.15, 0.2) is 0 Å². The van der Waals surface area contributed by atoms with E-state index in [1.54, 1.807) is 6.07 Å². The zero-order chi connectivity index (χ0) is 14.8. The van der Waals surface area contributed by atoms with Crippen LogP contribution >= 0.6 is 15.9 Å². The van der Waals surface area contributed by atoms with Gasteiger partial charge in [-0.3, -0.25) is 0 Å². The third-order valence-corrected chi connectivity index (χ3v) is 6.31. The van der Waals surface area contributed by atoms with E-state index in [1.807, 2.05) is 26.0 Å². The molecule has 0 amide bonds. The highest BCUT2D eigenvalue weighted by atomic mass is 79.9. The molecule has 1 N–H and O–H groups in total. The van der Waals surface area contributed by atoms with Gasteiger partial charge >= 0.3 is 0 Å². The minimum atomic E-state index is -3.40. The highest BCUT2D eigenvalue weighted by molar-refractivity contribution is 9.09. The van der Waals surface area contributed by atoms with Gasteiger partial charge in [0.05, 0.1) is 4.90 Å². The predicted molar refractivity (Wildman–Crippen MR) is 85.8 cm³/mol. The summed E-state index contributed by atoms with van der Waals surface area (Å²) in [7, 11) is -3.40. The zero-order valence-corrected chi connectivity index (χ0v) is 14.4. The quantitative estimate of drug-likeness (QED) is 0.835. The molecule has 1 aliphatic rings. The first kappa shape index (κ1) is 16.0. The van der Waals surface area contributed by atoms with Crippen LogP contribution < -0.4 is 4.72 Å². The Labute approximate surface area is 130 Å². The topological polar surface area (TPSA) is 46.2 Å². The normalized spacial score (nSPS) is 23.8. The highest BCUT2D eigenvalue weighted by Gasteiger charge is 2.23. The second-order valence-electron chi connectivity index (χ2n) is 5.75. The maximum atomic E-state index is 12.4. The van der Waals surface area contributed by atoms with Crippen molar-refractivity contribution in [1.29, 1.82) is 0 Å². The Hall–Kier alpha value is -0.390. The van der Waals surface area contributed by atoms with Crippen molar-refractivity contribution in [1.82, 2.24) is 4.72 Å². The van der Waals surface area contributed by atoms with Gasteiger partial charge in [0.1, 0.15) is 0 Å². The second kappa shape index (κ2) is 6.58. The lowest BCUT2D eigenvalue weighted by atomic mass is 9.89. The van der Waals surface area contributed by atoms with Crippen LogP contribution in [-0.2, 0) is 10.0 Å². The van der Waals surface area contributed by atoms with Crippen LogP contribution in [0.5, 0.6) is 0 Å². The Balaban J connectivity index is 2.05.